The number of alkyl carbamates (subject to hydrolysis) is 1. The van der Waals surface area contributed by atoms with Crippen LogP contribution in [-0.4, -0.2) is 35.9 Å². The van der Waals surface area contributed by atoms with Crippen LogP contribution < -0.4 is 10.1 Å². The number of halogens is 2. The lowest BCUT2D eigenvalue weighted by molar-refractivity contribution is -0.139. The summed E-state index contributed by atoms with van der Waals surface area (Å²) >= 11 is 5.92. The standard InChI is InChI=1S/C15H19ClFNO5/c1-15(2,3)23-14(21)18-10(13(19)20)7-8-9(16)5-6-11(22-4)12(8)17/h5-6,10H,7H2,1-4H3,(H,18,21)(H,19,20). The Kier molecular flexibility index (Phi) is 6.20. The van der Waals surface area contributed by atoms with Gasteiger partial charge in [-0.25, -0.2) is 14.0 Å². The molecule has 0 radical (unpaired) electrons. The highest BCUT2D eigenvalue weighted by atomic mass is 35.5. The van der Waals surface area contributed by atoms with E-state index in [0.29, 0.717) is 0 Å². The number of carbonyl (C=O) groups excluding carboxylic acids is 1. The third-order valence-corrected chi connectivity index (χ3v) is 3.12. The van der Waals surface area contributed by atoms with Gasteiger partial charge in [-0.2, -0.15) is 0 Å². The smallest absolute Gasteiger partial charge is 0.408 e. The number of methoxy groups -OCH3 is 1. The molecule has 0 heterocycles. The first-order valence-electron chi connectivity index (χ1n) is 6.78. The fraction of sp³-hybridized carbons (Fsp3) is 0.467. The average molecular weight is 348 g/mol. The summed E-state index contributed by atoms with van der Waals surface area (Å²) in [6, 6.07) is 1.33. The second kappa shape index (κ2) is 7.50. The van der Waals surface area contributed by atoms with Gasteiger partial charge < -0.3 is 19.9 Å². The second-order valence-electron chi connectivity index (χ2n) is 5.78. The first-order valence-corrected chi connectivity index (χ1v) is 7.16. The van der Waals surface area contributed by atoms with Crippen molar-refractivity contribution in [3.63, 3.8) is 0 Å². The van der Waals surface area contributed by atoms with Gasteiger partial charge in [-0.15, -0.1) is 0 Å². The predicted octanol–water partition coefficient (Wildman–Crippen LogP) is 3.01. The number of carboxylic acids is 1. The highest BCUT2D eigenvalue weighted by Crippen LogP contribution is 2.28. The Hall–Kier alpha value is -2.02. The van der Waals surface area contributed by atoms with Crippen molar-refractivity contribution in [2.45, 2.75) is 38.8 Å². The van der Waals surface area contributed by atoms with Crippen LogP contribution in [0.25, 0.3) is 0 Å². The molecule has 0 bridgehead atoms. The Balaban J connectivity index is 2.98. The Morgan fingerprint density at radius 2 is 2.00 bits per heavy atom. The van der Waals surface area contributed by atoms with Crippen LogP contribution in [0, 0.1) is 5.82 Å². The van der Waals surface area contributed by atoms with E-state index >= 15 is 0 Å². The molecule has 1 aromatic carbocycles. The molecule has 2 N–H and O–H groups in total. The van der Waals surface area contributed by atoms with Crippen LogP contribution >= 0.6 is 11.6 Å². The second-order valence-corrected chi connectivity index (χ2v) is 6.19. The normalized spacial score (nSPS) is 12.4. The van der Waals surface area contributed by atoms with Gasteiger partial charge in [-0.3, -0.25) is 0 Å². The van der Waals surface area contributed by atoms with Crippen LogP contribution in [0.1, 0.15) is 26.3 Å². The number of hydrogen-bond acceptors (Lipinski definition) is 4. The molecule has 0 spiro atoms. The molecule has 128 valence electrons. The van der Waals surface area contributed by atoms with Gasteiger partial charge in [-0.1, -0.05) is 11.6 Å². The number of carboxylic acid groups (broad SMARTS) is 1. The number of rotatable bonds is 5. The lowest BCUT2D eigenvalue weighted by Crippen LogP contribution is -2.44. The summed E-state index contributed by atoms with van der Waals surface area (Å²) < 4.78 is 24.1. The van der Waals surface area contributed by atoms with Crippen molar-refractivity contribution in [2.75, 3.05) is 7.11 Å². The fourth-order valence-electron chi connectivity index (χ4n) is 1.77. The number of amides is 1. The molecule has 23 heavy (non-hydrogen) atoms. The molecular weight excluding hydrogens is 329 g/mol. The number of hydrogen-bond donors (Lipinski definition) is 2. The summed E-state index contributed by atoms with van der Waals surface area (Å²) in [5, 5.41) is 11.5. The van der Waals surface area contributed by atoms with E-state index in [9.17, 15) is 19.1 Å². The molecule has 6 nitrogen and oxygen atoms in total. The van der Waals surface area contributed by atoms with Crippen molar-refractivity contribution in [3.8, 4) is 5.75 Å². The predicted molar refractivity (Wildman–Crippen MR) is 82.5 cm³/mol. The van der Waals surface area contributed by atoms with E-state index in [1.54, 1.807) is 20.8 Å². The van der Waals surface area contributed by atoms with Gasteiger partial charge >= 0.3 is 12.1 Å². The van der Waals surface area contributed by atoms with Crippen molar-refractivity contribution in [1.82, 2.24) is 5.32 Å². The first-order chi connectivity index (χ1) is 10.5. The van der Waals surface area contributed by atoms with Crippen LogP contribution in [0.2, 0.25) is 5.02 Å². The minimum Gasteiger partial charge on any atom is -0.494 e. The van der Waals surface area contributed by atoms with E-state index in [4.69, 9.17) is 21.1 Å². The minimum atomic E-state index is -1.40. The van der Waals surface area contributed by atoms with Crippen LogP contribution in [0.4, 0.5) is 9.18 Å². The van der Waals surface area contributed by atoms with Gasteiger partial charge in [0.15, 0.2) is 11.6 Å². The molecule has 0 aliphatic rings. The highest BCUT2D eigenvalue weighted by molar-refractivity contribution is 6.31. The zero-order valence-electron chi connectivity index (χ0n) is 13.3. The molecule has 0 aliphatic carbocycles. The zero-order valence-corrected chi connectivity index (χ0v) is 14.0. The van der Waals surface area contributed by atoms with Gasteiger partial charge in [0.1, 0.15) is 11.6 Å². The lowest BCUT2D eigenvalue weighted by atomic mass is 10.0. The average Bonchev–Trinajstić information content (AvgIpc) is 2.40. The summed E-state index contributed by atoms with van der Waals surface area (Å²) in [5.74, 6) is -2.17. The van der Waals surface area contributed by atoms with Gasteiger partial charge in [0, 0.05) is 17.0 Å². The van der Waals surface area contributed by atoms with E-state index in [1.807, 2.05) is 0 Å². The highest BCUT2D eigenvalue weighted by Gasteiger charge is 2.27. The lowest BCUT2D eigenvalue weighted by Gasteiger charge is -2.22. The van der Waals surface area contributed by atoms with Gasteiger partial charge in [0.05, 0.1) is 7.11 Å². The maximum absolute atomic E-state index is 14.2. The van der Waals surface area contributed by atoms with E-state index in [0.717, 1.165) is 0 Å². The zero-order chi connectivity index (χ0) is 17.8. The van der Waals surface area contributed by atoms with Crippen molar-refractivity contribution in [3.05, 3.63) is 28.5 Å². The van der Waals surface area contributed by atoms with E-state index in [1.165, 1.54) is 19.2 Å². The van der Waals surface area contributed by atoms with Gasteiger partial charge in [0.25, 0.3) is 0 Å². The molecular formula is C15H19ClFNO5. The third kappa shape index (κ3) is 5.59. The van der Waals surface area contributed by atoms with E-state index < -0.39 is 29.5 Å². The Bertz CT molecular complexity index is 600. The molecule has 0 fully saturated rings. The quantitative estimate of drug-likeness (QED) is 0.855. The molecule has 0 saturated heterocycles. The number of carbonyl (C=O) groups is 2. The summed E-state index contributed by atoms with van der Waals surface area (Å²) in [7, 11) is 1.28. The van der Waals surface area contributed by atoms with Crippen molar-refractivity contribution in [2.24, 2.45) is 0 Å². The van der Waals surface area contributed by atoms with Gasteiger partial charge in [-0.05, 0) is 32.9 Å². The largest absolute Gasteiger partial charge is 0.494 e. The van der Waals surface area contributed by atoms with Gasteiger partial charge in [0.2, 0.25) is 0 Å². The third-order valence-electron chi connectivity index (χ3n) is 2.77. The molecule has 1 unspecified atom stereocenters. The van der Waals surface area contributed by atoms with Crippen molar-refractivity contribution < 1.29 is 28.6 Å². The maximum atomic E-state index is 14.2. The molecule has 1 aromatic rings. The van der Waals surface area contributed by atoms with Crippen molar-refractivity contribution >= 4 is 23.7 Å². The SMILES string of the molecule is COc1ccc(Cl)c(CC(NC(=O)OC(C)(C)C)C(=O)O)c1F. The number of ether oxygens (including phenoxy) is 2. The molecule has 0 saturated carbocycles. The first kappa shape index (κ1) is 19.0. The summed E-state index contributed by atoms with van der Waals surface area (Å²) in [6.45, 7) is 4.92. The van der Waals surface area contributed by atoms with Crippen LogP contribution in [-0.2, 0) is 16.0 Å². The molecule has 8 heteroatoms. The van der Waals surface area contributed by atoms with E-state index in [-0.39, 0.29) is 22.8 Å². The summed E-state index contributed by atoms with van der Waals surface area (Å²) in [4.78, 5) is 23.0. The van der Waals surface area contributed by atoms with Crippen LogP contribution in [0.3, 0.4) is 0 Å². The Morgan fingerprint density at radius 1 is 1.39 bits per heavy atom. The van der Waals surface area contributed by atoms with E-state index in [2.05, 4.69) is 5.32 Å². The van der Waals surface area contributed by atoms with Crippen LogP contribution in [0.15, 0.2) is 12.1 Å². The maximum Gasteiger partial charge on any atom is 0.408 e. The number of benzene rings is 1. The molecule has 1 rings (SSSR count). The van der Waals surface area contributed by atoms with Crippen molar-refractivity contribution in [1.29, 1.82) is 0 Å². The summed E-state index contributed by atoms with van der Waals surface area (Å²) in [6.07, 6.45) is -1.26. The molecule has 0 aliphatic heterocycles. The minimum absolute atomic E-state index is 0.0422. The molecule has 1 amide bonds. The fourth-order valence-corrected chi connectivity index (χ4v) is 2.00. The summed E-state index contributed by atoms with van der Waals surface area (Å²) in [5.41, 5.74) is -0.846. The molecule has 1 atom stereocenters. The topological polar surface area (TPSA) is 84.9 Å². The monoisotopic (exact) mass is 347 g/mol. The number of nitrogens with one attached hydrogen (secondary N) is 1. The van der Waals surface area contributed by atoms with Crippen LogP contribution in [0.5, 0.6) is 5.75 Å². The number of aliphatic carboxylic acids is 1. The Morgan fingerprint density at radius 3 is 2.48 bits per heavy atom. The molecule has 0 aromatic heterocycles. The Labute approximate surface area is 138 Å².